The summed E-state index contributed by atoms with van der Waals surface area (Å²) in [6, 6.07) is 38.9. The van der Waals surface area contributed by atoms with E-state index in [9.17, 15) is 9.90 Å². The van der Waals surface area contributed by atoms with Gasteiger partial charge in [-0.25, -0.2) is 0 Å². The first kappa shape index (κ1) is 21.4. The number of hydrogen-bond acceptors (Lipinski definition) is 3. The quantitative estimate of drug-likeness (QED) is 0.337. The van der Waals surface area contributed by atoms with E-state index < -0.39 is 11.5 Å². The van der Waals surface area contributed by atoms with E-state index in [2.05, 4.69) is 0 Å². The van der Waals surface area contributed by atoms with E-state index in [1.165, 1.54) is 0 Å². The molecule has 1 fully saturated rings. The molecule has 0 aliphatic carbocycles. The molecule has 4 aromatic rings. The Balaban J connectivity index is 1.73. The maximum Gasteiger partial charge on any atom is 0.171 e. The Morgan fingerprint density at radius 3 is 1.85 bits per heavy atom. The molecule has 1 aliphatic rings. The van der Waals surface area contributed by atoms with Crippen LogP contribution in [0.15, 0.2) is 126 Å². The highest BCUT2D eigenvalue weighted by Gasteiger charge is 2.56. The van der Waals surface area contributed by atoms with Crippen molar-refractivity contribution in [2.24, 2.45) is 5.92 Å². The highest BCUT2D eigenvalue weighted by molar-refractivity contribution is 8.03. The summed E-state index contributed by atoms with van der Waals surface area (Å²) in [5.41, 5.74) is 1.91. The minimum atomic E-state index is -1.45. The van der Waals surface area contributed by atoms with Gasteiger partial charge in [-0.1, -0.05) is 121 Å². The Morgan fingerprint density at radius 2 is 1.24 bits per heavy atom. The van der Waals surface area contributed by atoms with Crippen LogP contribution in [-0.2, 0) is 5.60 Å². The molecule has 1 aliphatic heterocycles. The van der Waals surface area contributed by atoms with Gasteiger partial charge in [0.05, 0.1) is 5.92 Å². The molecule has 3 atom stereocenters. The van der Waals surface area contributed by atoms with Crippen molar-refractivity contribution < 1.29 is 9.90 Å². The summed E-state index contributed by atoms with van der Waals surface area (Å²) in [5.74, 6) is -0.732. The van der Waals surface area contributed by atoms with E-state index in [-0.39, 0.29) is 11.0 Å². The molecule has 0 amide bonds. The molecule has 162 valence electrons. The van der Waals surface area contributed by atoms with Crippen molar-refractivity contribution >= 4 is 23.6 Å². The number of ketones is 1. The maximum absolute atomic E-state index is 14.0. The Kier molecular flexibility index (Phi) is 5.99. The molecule has 4 aromatic carbocycles. The molecule has 3 heteroatoms. The Morgan fingerprint density at radius 1 is 0.727 bits per heavy atom. The van der Waals surface area contributed by atoms with Crippen LogP contribution in [-0.4, -0.2) is 10.9 Å². The molecule has 0 bridgehead atoms. The predicted octanol–water partition coefficient (Wildman–Crippen LogP) is 6.90. The van der Waals surface area contributed by atoms with Crippen molar-refractivity contribution in [3.05, 3.63) is 148 Å². The number of carbonyl (C=O) groups is 1. The second-order valence-corrected chi connectivity index (χ2v) is 9.39. The number of Topliss-reactive ketones (excluding diaryl/α,β-unsaturated/α-hetero) is 1. The van der Waals surface area contributed by atoms with E-state index in [1.807, 2.05) is 127 Å². The van der Waals surface area contributed by atoms with Crippen molar-refractivity contribution in [1.29, 1.82) is 0 Å². The smallest absolute Gasteiger partial charge is 0.171 e. The summed E-state index contributed by atoms with van der Waals surface area (Å²) in [6.07, 6.45) is 2.02. The molecule has 0 aromatic heterocycles. The van der Waals surface area contributed by atoms with Gasteiger partial charge in [-0.05, 0) is 22.8 Å². The number of rotatable bonds is 5. The number of benzene rings is 4. The summed E-state index contributed by atoms with van der Waals surface area (Å²) < 4.78 is 0. The zero-order chi connectivity index (χ0) is 22.7. The van der Waals surface area contributed by atoms with Crippen LogP contribution >= 0.6 is 11.8 Å². The van der Waals surface area contributed by atoms with E-state index >= 15 is 0 Å². The fraction of sp³-hybridized carbons (Fsp3) is 0.100. The van der Waals surface area contributed by atoms with Crippen LogP contribution < -0.4 is 0 Å². The fourth-order valence-corrected chi connectivity index (χ4v) is 6.19. The molecule has 5 rings (SSSR count). The second-order valence-electron chi connectivity index (χ2n) is 8.21. The monoisotopic (exact) mass is 448 g/mol. The normalized spacial score (nSPS) is 23.5. The SMILES string of the molecule is O=C(c1ccccc1)[C@@H]1[C@@H](c2ccccc2)S/C(=C\c2ccccc2)[C@@]1(O)c1ccccc1. The van der Waals surface area contributed by atoms with Crippen molar-refractivity contribution in [2.45, 2.75) is 10.9 Å². The van der Waals surface area contributed by atoms with Gasteiger partial charge < -0.3 is 5.11 Å². The largest absolute Gasteiger partial charge is 0.379 e. The summed E-state index contributed by atoms with van der Waals surface area (Å²) >= 11 is 1.58. The Labute approximate surface area is 198 Å². The molecule has 33 heavy (non-hydrogen) atoms. The van der Waals surface area contributed by atoms with Gasteiger partial charge in [0.25, 0.3) is 0 Å². The van der Waals surface area contributed by atoms with Gasteiger partial charge in [0.2, 0.25) is 0 Å². The van der Waals surface area contributed by atoms with E-state index in [4.69, 9.17) is 0 Å². The van der Waals surface area contributed by atoms with Gasteiger partial charge in [-0.15, -0.1) is 11.8 Å². The molecular weight excluding hydrogens is 424 g/mol. The van der Waals surface area contributed by atoms with Crippen LogP contribution in [0.1, 0.15) is 32.3 Å². The van der Waals surface area contributed by atoms with Crippen LogP contribution in [0.2, 0.25) is 0 Å². The molecule has 2 nitrogen and oxygen atoms in total. The molecule has 1 saturated heterocycles. The average molecular weight is 449 g/mol. The minimum absolute atomic E-state index is 0.0558. The molecule has 1 heterocycles. The first-order valence-corrected chi connectivity index (χ1v) is 11.9. The van der Waals surface area contributed by atoms with Crippen molar-refractivity contribution in [2.75, 3.05) is 0 Å². The highest BCUT2D eigenvalue weighted by atomic mass is 32.2. The number of carbonyl (C=O) groups excluding carboxylic acids is 1. The standard InChI is InChI=1S/C30H24O2S/c31-28(23-15-7-2-8-16-23)27-29(24-17-9-3-10-18-24)33-26(21-22-13-5-1-6-14-22)30(27,32)25-19-11-4-12-20-25/h1-21,27,29,32H/b26-21-/t27-,29-,30+/m1/s1. The zero-order valence-electron chi connectivity index (χ0n) is 18.0. The van der Waals surface area contributed by atoms with Gasteiger partial charge in [0.15, 0.2) is 5.78 Å². The number of aliphatic hydroxyl groups is 1. The fourth-order valence-electron chi connectivity index (χ4n) is 4.54. The Hall–Kier alpha value is -3.40. The van der Waals surface area contributed by atoms with Crippen LogP contribution in [0.25, 0.3) is 6.08 Å². The van der Waals surface area contributed by atoms with Gasteiger partial charge in [-0.2, -0.15) is 0 Å². The van der Waals surface area contributed by atoms with E-state index in [1.54, 1.807) is 11.8 Å². The van der Waals surface area contributed by atoms with Crippen LogP contribution in [0.4, 0.5) is 0 Å². The number of thioether (sulfide) groups is 1. The third-order valence-corrected chi connectivity index (χ3v) is 7.64. The highest BCUT2D eigenvalue weighted by Crippen LogP contribution is 2.62. The maximum atomic E-state index is 14.0. The van der Waals surface area contributed by atoms with Crippen LogP contribution in [0.5, 0.6) is 0 Å². The van der Waals surface area contributed by atoms with Crippen molar-refractivity contribution in [3.8, 4) is 0 Å². The summed E-state index contributed by atoms with van der Waals surface area (Å²) in [6.45, 7) is 0. The summed E-state index contributed by atoms with van der Waals surface area (Å²) in [4.78, 5) is 14.8. The number of hydrogen-bond donors (Lipinski definition) is 1. The molecule has 0 radical (unpaired) electrons. The third kappa shape index (κ3) is 4.06. The molecule has 0 saturated carbocycles. The average Bonchev–Trinajstić information content (AvgIpc) is 3.18. The zero-order valence-corrected chi connectivity index (χ0v) is 18.9. The van der Waals surface area contributed by atoms with Crippen molar-refractivity contribution in [1.82, 2.24) is 0 Å². The van der Waals surface area contributed by atoms with Gasteiger partial charge in [0.1, 0.15) is 5.60 Å². The van der Waals surface area contributed by atoms with Crippen LogP contribution in [0, 0.1) is 5.92 Å². The summed E-state index contributed by atoms with van der Waals surface area (Å²) in [5, 5.41) is 12.3. The van der Waals surface area contributed by atoms with E-state index in [0.29, 0.717) is 5.56 Å². The minimum Gasteiger partial charge on any atom is -0.379 e. The van der Waals surface area contributed by atoms with E-state index in [0.717, 1.165) is 21.6 Å². The summed E-state index contributed by atoms with van der Waals surface area (Å²) in [7, 11) is 0. The molecule has 0 spiro atoms. The van der Waals surface area contributed by atoms with Crippen molar-refractivity contribution in [3.63, 3.8) is 0 Å². The lowest BCUT2D eigenvalue weighted by Crippen LogP contribution is -2.39. The lowest BCUT2D eigenvalue weighted by Gasteiger charge is -2.32. The van der Waals surface area contributed by atoms with Gasteiger partial charge in [-0.3, -0.25) is 4.79 Å². The predicted molar refractivity (Wildman–Crippen MR) is 136 cm³/mol. The molecule has 0 unspecified atom stereocenters. The molecular formula is C30H24O2S. The lowest BCUT2D eigenvalue weighted by molar-refractivity contribution is 0.0265. The van der Waals surface area contributed by atoms with Gasteiger partial charge in [0, 0.05) is 15.7 Å². The lowest BCUT2D eigenvalue weighted by atomic mass is 9.73. The third-order valence-electron chi connectivity index (χ3n) is 6.16. The first-order chi connectivity index (χ1) is 16.2. The van der Waals surface area contributed by atoms with Gasteiger partial charge >= 0.3 is 0 Å². The second kappa shape index (κ2) is 9.22. The molecule has 1 N–H and O–H groups in total. The van der Waals surface area contributed by atoms with Crippen LogP contribution in [0.3, 0.4) is 0 Å². The first-order valence-electron chi connectivity index (χ1n) is 11.0. The Bertz CT molecular complexity index is 1250. The topological polar surface area (TPSA) is 37.3 Å².